The minimum atomic E-state index is -3.47. The summed E-state index contributed by atoms with van der Waals surface area (Å²) in [6.07, 6.45) is 4.31. The van der Waals surface area contributed by atoms with Gasteiger partial charge in [-0.15, -0.1) is 0 Å². The van der Waals surface area contributed by atoms with Gasteiger partial charge in [0.15, 0.2) is 9.34 Å². The molecule has 7 heteroatoms. The van der Waals surface area contributed by atoms with Crippen LogP contribution in [0.15, 0.2) is 4.21 Å². The molecule has 0 spiro atoms. The van der Waals surface area contributed by atoms with Crippen LogP contribution >= 0.6 is 11.3 Å². The molecule has 1 aliphatic rings. The molecule has 1 saturated carbocycles. The molecule has 0 saturated heterocycles. The Labute approximate surface area is 118 Å². The third-order valence-corrected chi connectivity index (χ3v) is 7.37. The van der Waals surface area contributed by atoms with Gasteiger partial charge < -0.3 is 5.73 Å². The maximum absolute atomic E-state index is 12.7. The van der Waals surface area contributed by atoms with Gasteiger partial charge in [-0.05, 0) is 25.7 Å². The summed E-state index contributed by atoms with van der Waals surface area (Å²) in [7, 11) is -1.79. The summed E-state index contributed by atoms with van der Waals surface area (Å²) in [6.45, 7) is 3.82. The number of sulfonamides is 1. The van der Waals surface area contributed by atoms with Gasteiger partial charge in [0.05, 0.1) is 5.69 Å². The molecule has 2 atom stereocenters. The first-order valence-corrected chi connectivity index (χ1v) is 8.80. The molecule has 1 aromatic heterocycles. The smallest absolute Gasteiger partial charge is 0.254 e. The topological polar surface area (TPSA) is 76.3 Å². The first kappa shape index (κ1) is 14.7. The van der Waals surface area contributed by atoms with Gasteiger partial charge in [0.1, 0.15) is 0 Å². The van der Waals surface area contributed by atoms with E-state index in [4.69, 9.17) is 5.73 Å². The van der Waals surface area contributed by atoms with E-state index in [-0.39, 0.29) is 10.3 Å². The molecule has 1 aromatic rings. The fourth-order valence-electron chi connectivity index (χ4n) is 2.79. The quantitative estimate of drug-likeness (QED) is 0.929. The van der Waals surface area contributed by atoms with E-state index in [1.54, 1.807) is 14.0 Å². The Bertz CT molecular complexity index is 553. The van der Waals surface area contributed by atoms with Gasteiger partial charge in [0, 0.05) is 13.1 Å². The monoisotopic (exact) mass is 303 g/mol. The van der Waals surface area contributed by atoms with Crippen molar-refractivity contribution in [2.45, 2.75) is 49.8 Å². The number of nitrogens with zero attached hydrogens (tertiary/aromatic N) is 2. The highest BCUT2D eigenvalue weighted by molar-refractivity contribution is 7.91. The van der Waals surface area contributed by atoms with Crippen LogP contribution in [0.25, 0.3) is 0 Å². The molecule has 108 valence electrons. The molecule has 2 N–H and O–H groups in total. The molecule has 1 heterocycles. The maximum Gasteiger partial charge on any atom is 0.254 e. The van der Waals surface area contributed by atoms with Crippen LogP contribution in [0.3, 0.4) is 0 Å². The van der Waals surface area contributed by atoms with E-state index in [0.717, 1.165) is 30.6 Å². The highest BCUT2D eigenvalue weighted by Gasteiger charge is 2.35. The SMILES string of the molecule is Cc1nc(N)sc1S(=O)(=O)N(C)C1CCCCC1C. The number of nitrogens with two attached hydrogens (primary N) is 1. The van der Waals surface area contributed by atoms with Crippen LogP contribution in [0, 0.1) is 12.8 Å². The predicted molar refractivity (Wildman–Crippen MR) is 77.6 cm³/mol. The molecule has 5 nitrogen and oxygen atoms in total. The lowest BCUT2D eigenvalue weighted by molar-refractivity contribution is 0.213. The lowest BCUT2D eigenvalue weighted by Crippen LogP contribution is -2.42. The minimum absolute atomic E-state index is 0.0847. The van der Waals surface area contributed by atoms with Gasteiger partial charge in [0.2, 0.25) is 0 Å². The van der Waals surface area contributed by atoms with E-state index in [1.165, 1.54) is 10.7 Å². The summed E-state index contributed by atoms with van der Waals surface area (Å²) in [5, 5.41) is 0.307. The van der Waals surface area contributed by atoms with Crippen LogP contribution < -0.4 is 5.73 Å². The van der Waals surface area contributed by atoms with Crippen molar-refractivity contribution in [3.63, 3.8) is 0 Å². The third kappa shape index (κ3) is 2.78. The largest absolute Gasteiger partial charge is 0.375 e. The first-order chi connectivity index (χ1) is 8.84. The highest BCUT2D eigenvalue weighted by atomic mass is 32.2. The fourth-order valence-corrected chi connectivity index (χ4v) is 5.73. The van der Waals surface area contributed by atoms with Crippen molar-refractivity contribution in [3.8, 4) is 0 Å². The summed E-state index contributed by atoms with van der Waals surface area (Å²) < 4.78 is 27.1. The van der Waals surface area contributed by atoms with Gasteiger partial charge in [0.25, 0.3) is 10.0 Å². The van der Waals surface area contributed by atoms with Crippen molar-refractivity contribution in [3.05, 3.63) is 5.69 Å². The molecule has 19 heavy (non-hydrogen) atoms. The van der Waals surface area contributed by atoms with E-state index in [0.29, 0.717) is 16.7 Å². The Morgan fingerprint density at radius 1 is 1.37 bits per heavy atom. The number of thiazole rings is 1. The van der Waals surface area contributed by atoms with Crippen molar-refractivity contribution >= 4 is 26.5 Å². The summed E-state index contributed by atoms with van der Waals surface area (Å²) in [6, 6.07) is 0.0847. The van der Waals surface area contributed by atoms with E-state index in [2.05, 4.69) is 11.9 Å². The van der Waals surface area contributed by atoms with E-state index in [1.807, 2.05) is 0 Å². The molecule has 2 unspecified atom stereocenters. The van der Waals surface area contributed by atoms with Crippen molar-refractivity contribution < 1.29 is 8.42 Å². The normalized spacial score (nSPS) is 24.8. The second-order valence-electron chi connectivity index (χ2n) is 5.28. The number of anilines is 1. The second-order valence-corrected chi connectivity index (χ2v) is 8.50. The molecule has 0 aliphatic heterocycles. The van der Waals surface area contributed by atoms with Gasteiger partial charge in [-0.1, -0.05) is 31.1 Å². The van der Waals surface area contributed by atoms with Crippen LogP contribution in [0.2, 0.25) is 0 Å². The highest BCUT2D eigenvalue weighted by Crippen LogP contribution is 2.33. The zero-order chi connectivity index (χ0) is 14.2. The zero-order valence-corrected chi connectivity index (χ0v) is 13.2. The molecular formula is C12H21N3O2S2. The van der Waals surface area contributed by atoms with E-state index < -0.39 is 10.0 Å². The Balaban J connectivity index is 2.31. The number of hydrogen-bond donors (Lipinski definition) is 1. The molecule has 1 fully saturated rings. The summed E-state index contributed by atoms with van der Waals surface area (Å²) in [5.74, 6) is 0.402. The fraction of sp³-hybridized carbons (Fsp3) is 0.750. The maximum atomic E-state index is 12.7. The average molecular weight is 303 g/mol. The average Bonchev–Trinajstić information content (AvgIpc) is 2.69. The lowest BCUT2D eigenvalue weighted by atomic mass is 9.86. The lowest BCUT2D eigenvalue weighted by Gasteiger charge is -2.35. The molecular weight excluding hydrogens is 282 g/mol. The van der Waals surface area contributed by atoms with Crippen molar-refractivity contribution in [2.75, 3.05) is 12.8 Å². The van der Waals surface area contributed by atoms with Gasteiger partial charge in [-0.25, -0.2) is 13.4 Å². The molecule has 0 aromatic carbocycles. The van der Waals surface area contributed by atoms with Crippen molar-refractivity contribution in [1.29, 1.82) is 0 Å². The number of hydrogen-bond acceptors (Lipinski definition) is 5. The Kier molecular flexibility index (Phi) is 4.17. The van der Waals surface area contributed by atoms with E-state index in [9.17, 15) is 8.42 Å². The van der Waals surface area contributed by atoms with Crippen molar-refractivity contribution in [2.24, 2.45) is 5.92 Å². The molecule has 0 amide bonds. The summed E-state index contributed by atoms with van der Waals surface area (Å²) >= 11 is 1.05. The van der Waals surface area contributed by atoms with Crippen molar-refractivity contribution in [1.82, 2.24) is 9.29 Å². The molecule has 0 radical (unpaired) electrons. The predicted octanol–water partition coefficient (Wildman–Crippen LogP) is 2.23. The Morgan fingerprint density at radius 2 is 2.00 bits per heavy atom. The van der Waals surface area contributed by atoms with Gasteiger partial charge in [-0.3, -0.25) is 0 Å². The van der Waals surface area contributed by atoms with E-state index >= 15 is 0 Å². The minimum Gasteiger partial charge on any atom is -0.375 e. The molecule has 0 bridgehead atoms. The van der Waals surface area contributed by atoms with Gasteiger partial charge in [-0.2, -0.15) is 4.31 Å². The van der Waals surface area contributed by atoms with Crippen LogP contribution in [0.5, 0.6) is 0 Å². The summed E-state index contributed by atoms with van der Waals surface area (Å²) in [4.78, 5) is 4.01. The van der Waals surface area contributed by atoms with Crippen LogP contribution in [-0.2, 0) is 10.0 Å². The standard InChI is InChI=1S/C12H21N3O2S2/c1-8-6-4-5-7-10(8)15(3)19(16,17)11-9(2)14-12(13)18-11/h8,10H,4-7H2,1-3H3,(H2,13,14). The molecule has 2 rings (SSSR count). The Hall–Kier alpha value is -0.660. The first-order valence-electron chi connectivity index (χ1n) is 6.55. The van der Waals surface area contributed by atoms with Crippen LogP contribution in [0.1, 0.15) is 38.3 Å². The summed E-state index contributed by atoms with van der Waals surface area (Å²) in [5.41, 5.74) is 6.10. The van der Waals surface area contributed by atoms with Crippen LogP contribution in [0.4, 0.5) is 5.13 Å². The van der Waals surface area contributed by atoms with Gasteiger partial charge >= 0.3 is 0 Å². The Morgan fingerprint density at radius 3 is 2.53 bits per heavy atom. The number of aromatic nitrogens is 1. The number of aryl methyl sites for hydroxylation is 1. The number of nitrogen functional groups attached to an aromatic ring is 1. The zero-order valence-electron chi connectivity index (χ0n) is 11.6. The molecule has 1 aliphatic carbocycles. The number of rotatable bonds is 3. The van der Waals surface area contributed by atoms with Crippen LogP contribution in [-0.4, -0.2) is 30.8 Å². The second kappa shape index (κ2) is 5.38. The third-order valence-electron chi connectivity index (χ3n) is 3.92.